The van der Waals surface area contributed by atoms with Crippen molar-refractivity contribution in [1.29, 1.82) is 0 Å². The third kappa shape index (κ3) is 2.74. The number of nitrogens with zero attached hydrogens (tertiary/aromatic N) is 5. The highest BCUT2D eigenvalue weighted by molar-refractivity contribution is 5.39. The first kappa shape index (κ1) is 12.3. The molecule has 0 amide bonds. The Balaban J connectivity index is 2.17. The van der Waals surface area contributed by atoms with Crippen molar-refractivity contribution in [2.75, 3.05) is 18.5 Å². The second kappa shape index (κ2) is 5.00. The number of likely N-dealkylation sites (N-methyl/N-ethyl adjacent to an activating group) is 1. The molecule has 0 N–H and O–H groups in total. The molecule has 0 saturated heterocycles. The second-order valence-corrected chi connectivity index (χ2v) is 4.46. The van der Waals surface area contributed by atoms with Gasteiger partial charge in [-0.3, -0.25) is 0 Å². The highest BCUT2D eigenvalue weighted by atomic mass is 15.4. The standard InChI is InChI=1S/C13H17N5/c1-10(2)9-17(4)12-5-6-13(15-14-12)18-8-7-11(3)16-18/h5-8H,1,9H2,2-4H3. The fraction of sp³-hybridized carbons (Fsp3) is 0.308. The molecule has 5 heteroatoms. The lowest BCUT2D eigenvalue weighted by atomic mass is 10.3. The van der Waals surface area contributed by atoms with E-state index in [0.717, 1.165) is 29.4 Å². The molecule has 0 unspecified atom stereocenters. The summed E-state index contributed by atoms with van der Waals surface area (Å²) < 4.78 is 1.71. The van der Waals surface area contributed by atoms with Gasteiger partial charge in [0.05, 0.1) is 5.69 Å². The van der Waals surface area contributed by atoms with Gasteiger partial charge < -0.3 is 4.90 Å². The van der Waals surface area contributed by atoms with Crippen molar-refractivity contribution in [3.63, 3.8) is 0 Å². The Hall–Kier alpha value is -2.17. The van der Waals surface area contributed by atoms with Gasteiger partial charge in [0.1, 0.15) is 0 Å². The molecular weight excluding hydrogens is 226 g/mol. The van der Waals surface area contributed by atoms with Crippen molar-refractivity contribution in [3.8, 4) is 5.82 Å². The first-order chi connectivity index (χ1) is 8.56. The van der Waals surface area contributed by atoms with Crippen molar-refractivity contribution in [2.24, 2.45) is 0 Å². The molecule has 0 saturated carbocycles. The van der Waals surface area contributed by atoms with Crippen molar-refractivity contribution < 1.29 is 0 Å². The smallest absolute Gasteiger partial charge is 0.175 e. The van der Waals surface area contributed by atoms with E-state index in [1.165, 1.54) is 0 Å². The molecule has 0 aliphatic rings. The molecule has 0 aliphatic heterocycles. The van der Waals surface area contributed by atoms with Crippen molar-refractivity contribution in [3.05, 3.63) is 42.2 Å². The molecule has 0 radical (unpaired) electrons. The van der Waals surface area contributed by atoms with Gasteiger partial charge in [0.25, 0.3) is 0 Å². The summed E-state index contributed by atoms with van der Waals surface area (Å²) in [7, 11) is 1.97. The molecule has 5 nitrogen and oxygen atoms in total. The van der Waals surface area contributed by atoms with Gasteiger partial charge in [0.15, 0.2) is 11.6 Å². The van der Waals surface area contributed by atoms with Crippen molar-refractivity contribution in [2.45, 2.75) is 13.8 Å². The molecule has 0 aliphatic carbocycles. The second-order valence-electron chi connectivity index (χ2n) is 4.46. The van der Waals surface area contributed by atoms with Crippen LogP contribution in [0.2, 0.25) is 0 Å². The molecule has 18 heavy (non-hydrogen) atoms. The van der Waals surface area contributed by atoms with Gasteiger partial charge in [0.2, 0.25) is 0 Å². The van der Waals surface area contributed by atoms with Gasteiger partial charge in [-0.25, -0.2) is 4.68 Å². The molecule has 0 bridgehead atoms. The quantitative estimate of drug-likeness (QED) is 0.770. The number of aryl methyl sites for hydroxylation is 1. The zero-order valence-corrected chi connectivity index (χ0v) is 11.0. The fourth-order valence-corrected chi connectivity index (χ4v) is 1.67. The van der Waals surface area contributed by atoms with Crippen LogP contribution in [0.5, 0.6) is 0 Å². The normalized spacial score (nSPS) is 10.4. The molecule has 0 atom stereocenters. The molecule has 2 rings (SSSR count). The van der Waals surface area contributed by atoms with Crippen LogP contribution in [0.3, 0.4) is 0 Å². The molecule has 0 fully saturated rings. The Kier molecular flexibility index (Phi) is 3.41. The largest absolute Gasteiger partial charge is 0.354 e. The average Bonchev–Trinajstić information content (AvgIpc) is 2.75. The van der Waals surface area contributed by atoms with E-state index in [0.29, 0.717) is 0 Å². The minimum absolute atomic E-state index is 0.718. The lowest BCUT2D eigenvalue weighted by Gasteiger charge is -2.17. The van der Waals surface area contributed by atoms with Crippen LogP contribution in [0, 0.1) is 6.92 Å². The predicted molar refractivity (Wildman–Crippen MR) is 72.0 cm³/mol. The van der Waals surface area contributed by atoms with Crippen molar-refractivity contribution >= 4 is 5.82 Å². The summed E-state index contributed by atoms with van der Waals surface area (Å²) in [4.78, 5) is 2.01. The lowest BCUT2D eigenvalue weighted by Crippen LogP contribution is -2.20. The van der Waals surface area contributed by atoms with Crippen LogP contribution >= 0.6 is 0 Å². The van der Waals surface area contributed by atoms with E-state index < -0.39 is 0 Å². The Morgan fingerprint density at radius 3 is 2.61 bits per heavy atom. The molecule has 0 aromatic carbocycles. The summed E-state index contributed by atoms with van der Waals surface area (Å²) >= 11 is 0. The highest BCUT2D eigenvalue weighted by Crippen LogP contribution is 2.11. The maximum atomic E-state index is 4.29. The topological polar surface area (TPSA) is 46.8 Å². The highest BCUT2D eigenvalue weighted by Gasteiger charge is 2.05. The van der Waals surface area contributed by atoms with E-state index in [1.54, 1.807) is 4.68 Å². The Labute approximate surface area is 107 Å². The summed E-state index contributed by atoms with van der Waals surface area (Å²) in [5, 5.41) is 12.7. The fourth-order valence-electron chi connectivity index (χ4n) is 1.67. The maximum Gasteiger partial charge on any atom is 0.175 e. The SMILES string of the molecule is C=C(C)CN(C)c1ccc(-n2ccc(C)n2)nn1. The summed E-state index contributed by atoms with van der Waals surface area (Å²) in [6.45, 7) is 8.59. The van der Waals surface area contributed by atoms with Crippen LogP contribution < -0.4 is 4.90 Å². The van der Waals surface area contributed by atoms with Crippen LogP contribution in [-0.2, 0) is 0 Å². The number of aromatic nitrogens is 4. The van der Waals surface area contributed by atoms with Gasteiger partial charge in [-0.2, -0.15) is 5.10 Å². The van der Waals surface area contributed by atoms with Gasteiger partial charge in [0, 0.05) is 19.8 Å². The van der Waals surface area contributed by atoms with Gasteiger partial charge >= 0.3 is 0 Å². The molecule has 2 heterocycles. The summed E-state index contributed by atoms with van der Waals surface area (Å²) in [5.41, 5.74) is 2.05. The first-order valence-electron chi connectivity index (χ1n) is 5.78. The predicted octanol–water partition coefficient (Wildman–Crippen LogP) is 1.98. The third-order valence-electron chi connectivity index (χ3n) is 2.49. The van der Waals surface area contributed by atoms with Crippen LogP contribution in [0.1, 0.15) is 12.6 Å². The van der Waals surface area contributed by atoms with Gasteiger partial charge in [-0.1, -0.05) is 12.2 Å². The number of anilines is 1. The molecule has 0 spiro atoms. The Morgan fingerprint density at radius 1 is 1.33 bits per heavy atom. The van der Waals surface area contributed by atoms with Gasteiger partial charge in [-0.05, 0) is 32.0 Å². The maximum absolute atomic E-state index is 4.29. The average molecular weight is 243 g/mol. The number of hydrogen-bond acceptors (Lipinski definition) is 4. The van der Waals surface area contributed by atoms with Gasteiger partial charge in [-0.15, -0.1) is 10.2 Å². The Bertz CT molecular complexity index is 541. The molecule has 2 aromatic rings. The molecule has 2 aromatic heterocycles. The Morgan fingerprint density at radius 2 is 2.11 bits per heavy atom. The van der Waals surface area contributed by atoms with Crippen LogP contribution in [0.25, 0.3) is 5.82 Å². The zero-order chi connectivity index (χ0) is 13.1. The van der Waals surface area contributed by atoms with E-state index in [4.69, 9.17) is 0 Å². The van der Waals surface area contributed by atoms with E-state index in [9.17, 15) is 0 Å². The minimum atomic E-state index is 0.718. The first-order valence-corrected chi connectivity index (χ1v) is 5.78. The summed E-state index contributed by atoms with van der Waals surface area (Å²) in [6.07, 6.45) is 1.87. The van der Waals surface area contributed by atoms with Crippen LogP contribution in [0.4, 0.5) is 5.82 Å². The van der Waals surface area contributed by atoms with Crippen molar-refractivity contribution in [1.82, 2.24) is 20.0 Å². The molecular formula is C13H17N5. The number of hydrogen-bond donors (Lipinski definition) is 0. The molecule has 94 valence electrons. The monoisotopic (exact) mass is 243 g/mol. The van der Waals surface area contributed by atoms with E-state index in [1.807, 2.05) is 50.2 Å². The summed E-state index contributed by atoms with van der Waals surface area (Å²) in [6, 6.07) is 5.77. The van der Waals surface area contributed by atoms with E-state index in [-0.39, 0.29) is 0 Å². The third-order valence-corrected chi connectivity index (χ3v) is 2.49. The van der Waals surface area contributed by atoms with Crippen LogP contribution in [0.15, 0.2) is 36.5 Å². The zero-order valence-electron chi connectivity index (χ0n) is 11.0. The minimum Gasteiger partial charge on any atom is -0.354 e. The lowest BCUT2D eigenvalue weighted by molar-refractivity contribution is 0.795. The number of rotatable bonds is 4. The van der Waals surface area contributed by atoms with E-state index in [2.05, 4.69) is 21.9 Å². The van der Waals surface area contributed by atoms with Crippen LogP contribution in [-0.4, -0.2) is 33.6 Å². The van der Waals surface area contributed by atoms with E-state index >= 15 is 0 Å². The summed E-state index contributed by atoms with van der Waals surface area (Å²) in [5.74, 6) is 1.54.